The molecule has 3 nitrogen and oxygen atoms in total. The van der Waals surface area contributed by atoms with Crippen LogP contribution in [0.3, 0.4) is 0 Å². The summed E-state index contributed by atoms with van der Waals surface area (Å²) in [5.41, 5.74) is 22.7. The molecular formula is C58H65BN2O. The number of hydrogen-bond donors (Lipinski definition) is 0. The van der Waals surface area contributed by atoms with Crippen LogP contribution in [0.25, 0.3) is 11.0 Å². The Kier molecular flexibility index (Phi) is 8.25. The molecule has 0 bridgehead atoms. The van der Waals surface area contributed by atoms with Gasteiger partial charge in [-0.25, -0.2) is 0 Å². The Bertz CT molecular complexity index is 2880. The number of nitrogens with zero attached hydrogens (tertiary/aromatic N) is 2. The molecule has 0 saturated carbocycles. The van der Waals surface area contributed by atoms with Gasteiger partial charge in [-0.05, 0) is 141 Å². The average Bonchev–Trinajstić information content (AvgIpc) is 3.70. The van der Waals surface area contributed by atoms with Crippen LogP contribution in [-0.2, 0) is 21.7 Å². The summed E-state index contributed by atoms with van der Waals surface area (Å²) in [7, 11) is 0. The third-order valence-corrected chi connectivity index (χ3v) is 16.2. The molecule has 1 aromatic heterocycles. The predicted molar refractivity (Wildman–Crippen MR) is 265 cm³/mol. The summed E-state index contributed by atoms with van der Waals surface area (Å²) in [6, 6.07) is 26.9. The van der Waals surface area contributed by atoms with Gasteiger partial charge in [-0.2, -0.15) is 0 Å². The summed E-state index contributed by atoms with van der Waals surface area (Å²) in [5, 5.41) is 1.22. The van der Waals surface area contributed by atoms with Crippen molar-refractivity contribution in [2.45, 2.75) is 143 Å². The van der Waals surface area contributed by atoms with Crippen molar-refractivity contribution in [2.24, 2.45) is 11.3 Å². The van der Waals surface area contributed by atoms with Crippen molar-refractivity contribution in [3.8, 4) is 0 Å². The highest BCUT2D eigenvalue weighted by atomic mass is 16.3. The quantitative estimate of drug-likeness (QED) is 0.162. The Hall–Kier alpha value is -4.96. The maximum atomic E-state index is 7.56. The number of rotatable bonds is 2. The van der Waals surface area contributed by atoms with Crippen molar-refractivity contribution in [1.29, 1.82) is 0 Å². The van der Waals surface area contributed by atoms with Crippen molar-refractivity contribution >= 4 is 62.7 Å². The first kappa shape index (κ1) is 39.9. The number of anilines is 5. The van der Waals surface area contributed by atoms with Crippen LogP contribution in [0.1, 0.15) is 137 Å². The Morgan fingerprint density at radius 1 is 0.742 bits per heavy atom. The van der Waals surface area contributed by atoms with Crippen molar-refractivity contribution in [1.82, 2.24) is 0 Å². The van der Waals surface area contributed by atoms with Crippen LogP contribution >= 0.6 is 0 Å². The second-order valence-electron chi connectivity index (χ2n) is 23.6. The number of aryl methyl sites for hydroxylation is 1. The fourth-order valence-corrected chi connectivity index (χ4v) is 12.5. The number of hydrogen-bond acceptors (Lipinski definition) is 3. The van der Waals surface area contributed by atoms with E-state index in [2.05, 4.69) is 197 Å². The first-order chi connectivity index (χ1) is 29.2. The van der Waals surface area contributed by atoms with E-state index in [4.69, 9.17) is 4.42 Å². The summed E-state index contributed by atoms with van der Waals surface area (Å²) in [6.45, 7) is 30.9. The zero-order chi connectivity index (χ0) is 43.6. The van der Waals surface area contributed by atoms with Gasteiger partial charge in [-0.15, -0.1) is 0 Å². The van der Waals surface area contributed by atoms with Crippen LogP contribution < -0.4 is 26.4 Å². The molecule has 11 rings (SSSR count). The summed E-state index contributed by atoms with van der Waals surface area (Å²) >= 11 is 0. The lowest BCUT2D eigenvalue weighted by atomic mass is 9.35. The first-order valence-electron chi connectivity index (χ1n) is 23.6. The fourth-order valence-electron chi connectivity index (χ4n) is 12.5. The highest BCUT2D eigenvalue weighted by Gasteiger charge is 2.52. The minimum Gasteiger partial charge on any atom is -0.468 e. The smallest absolute Gasteiger partial charge is 0.297 e. The molecular weight excluding hydrogens is 751 g/mol. The topological polar surface area (TPSA) is 19.6 Å². The Labute approximate surface area is 371 Å². The third kappa shape index (κ3) is 5.56. The molecule has 0 fully saturated rings. The van der Waals surface area contributed by atoms with Gasteiger partial charge in [0.2, 0.25) is 0 Å². The molecule has 4 heteroatoms. The molecule has 62 heavy (non-hydrogen) atoms. The lowest BCUT2D eigenvalue weighted by Gasteiger charge is -2.47. The van der Waals surface area contributed by atoms with E-state index in [0.717, 1.165) is 24.1 Å². The molecule has 2 aliphatic heterocycles. The van der Waals surface area contributed by atoms with E-state index >= 15 is 0 Å². The molecule has 4 aromatic carbocycles. The molecule has 5 aromatic rings. The monoisotopic (exact) mass is 817 g/mol. The summed E-state index contributed by atoms with van der Waals surface area (Å²) in [5.74, 6) is 0.308. The second kappa shape index (κ2) is 12.8. The Morgan fingerprint density at radius 3 is 2.10 bits per heavy atom. The Balaban J connectivity index is 1.23. The molecule has 0 saturated heterocycles. The summed E-state index contributed by atoms with van der Waals surface area (Å²) in [4.78, 5) is 5.36. The lowest BCUT2D eigenvalue weighted by molar-refractivity contribution is 0.332. The van der Waals surface area contributed by atoms with E-state index < -0.39 is 0 Å². The van der Waals surface area contributed by atoms with Crippen LogP contribution in [-0.4, -0.2) is 12.8 Å². The molecule has 0 N–H and O–H groups in total. The highest BCUT2D eigenvalue weighted by molar-refractivity contribution is 6.99. The molecule has 4 aliphatic carbocycles. The van der Waals surface area contributed by atoms with Crippen molar-refractivity contribution < 1.29 is 4.42 Å². The largest absolute Gasteiger partial charge is 0.468 e. The van der Waals surface area contributed by atoms with Gasteiger partial charge >= 0.3 is 0 Å². The van der Waals surface area contributed by atoms with Crippen LogP contribution in [0.5, 0.6) is 0 Å². The SMILES string of the molecule is Cc1cc2c3c(c1)N(C1C=CC=C4C1C1=C(C=CCC1)C4(C)C)c1ccc(C(C)(C)C)cc1B3c1oc3cc4c(cc3c1N2c1ccc(C(C)(C)C)cc1)C(C)(C)CCC4(C)C. The van der Waals surface area contributed by atoms with Gasteiger partial charge in [-0.3, -0.25) is 0 Å². The van der Waals surface area contributed by atoms with E-state index in [1.54, 1.807) is 11.1 Å². The number of allylic oxidation sites excluding steroid dienone is 5. The normalized spacial score (nSPS) is 22.5. The van der Waals surface area contributed by atoms with Gasteiger partial charge in [0.15, 0.2) is 0 Å². The van der Waals surface area contributed by atoms with E-state index in [1.807, 2.05) is 0 Å². The second-order valence-corrected chi connectivity index (χ2v) is 23.6. The minimum atomic E-state index is -0.0744. The number of furan rings is 1. The zero-order valence-corrected chi connectivity index (χ0v) is 39.6. The molecule has 2 atom stereocenters. The Morgan fingerprint density at radius 2 is 1.40 bits per heavy atom. The molecule has 316 valence electrons. The number of fused-ring (bicyclic) bond motifs is 9. The molecule has 0 amide bonds. The van der Waals surface area contributed by atoms with Gasteiger partial charge < -0.3 is 14.2 Å². The van der Waals surface area contributed by atoms with Gasteiger partial charge in [-0.1, -0.05) is 149 Å². The molecule has 0 radical (unpaired) electrons. The number of benzene rings is 4. The van der Waals surface area contributed by atoms with Crippen molar-refractivity contribution in [3.05, 3.63) is 142 Å². The maximum absolute atomic E-state index is 7.56. The van der Waals surface area contributed by atoms with E-state index in [9.17, 15) is 0 Å². The molecule has 6 aliphatic rings. The zero-order valence-electron chi connectivity index (χ0n) is 39.6. The molecule has 0 spiro atoms. The molecule has 2 unspecified atom stereocenters. The first-order valence-corrected chi connectivity index (χ1v) is 23.6. The van der Waals surface area contributed by atoms with Crippen LogP contribution in [0.2, 0.25) is 0 Å². The van der Waals surface area contributed by atoms with Crippen molar-refractivity contribution in [3.63, 3.8) is 0 Å². The van der Waals surface area contributed by atoms with E-state index in [1.165, 1.54) is 91.0 Å². The summed E-state index contributed by atoms with van der Waals surface area (Å²) in [6.07, 6.45) is 16.7. The van der Waals surface area contributed by atoms with Crippen molar-refractivity contribution in [2.75, 3.05) is 9.80 Å². The van der Waals surface area contributed by atoms with Gasteiger partial charge in [0.05, 0.1) is 17.4 Å². The van der Waals surface area contributed by atoms with Gasteiger partial charge in [0, 0.05) is 39.5 Å². The van der Waals surface area contributed by atoms with Crippen LogP contribution in [0.15, 0.2) is 118 Å². The van der Waals surface area contributed by atoms with Crippen LogP contribution in [0, 0.1) is 18.3 Å². The van der Waals surface area contributed by atoms with Gasteiger partial charge in [0.1, 0.15) is 5.58 Å². The standard InChI is InChI=1S/C58H65BN2O/c1-34-29-47-51-48(30-34)61(46-20-16-19-41-50(46)38-17-14-15-18-40(38)58(41,12)13)45-26-23-36(55(5,6)7)31-44(45)59(51)53-52(60(47)37-24-21-35(22-25-37)54(2,3)4)39-32-42-43(33-49(39)62-53)57(10,11)28-27-56(42,8)9/h15-16,18-26,29-33,46,50H,14,17,27-28H2,1-13H3. The lowest BCUT2D eigenvalue weighted by Crippen LogP contribution is -2.63. The van der Waals surface area contributed by atoms with Gasteiger partial charge in [0.25, 0.3) is 6.71 Å². The fraction of sp³-hybridized carbons (Fsp3) is 0.414. The van der Waals surface area contributed by atoms with E-state index in [-0.39, 0.29) is 39.8 Å². The van der Waals surface area contributed by atoms with Crippen LogP contribution in [0.4, 0.5) is 28.4 Å². The summed E-state index contributed by atoms with van der Waals surface area (Å²) < 4.78 is 7.56. The predicted octanol–water partition coefficient (Wildman–Crippen LogP) is 13.6. The molecule has 3 heterocycles. The highest BCUT2D eigenvalue weighted by Crippen LogP contribution is 2.58. The van der Waals surface area contributed by atoms with E-state index in [0.29, 0.717) is 5.92 Å². The average molecular weight is 817 g/mol. The minimum absolute atomic E-state index is 0.00923. The third-order valence-electron chi connectivity index (χ3n) is 16.2. The maximum Gasteiger partial charge on any atom is 0.297 e.